The van der Waals surface area contributed by atoms with Crippen LogP contribution in [0.2, 0.25) is 5.02 Å². The molecule has 13 nitrogen and oxygen atoms in total. The van der Waals surface area contributed by atoms with Gasteiger partial charge in [-0.15, -0.1) is 0 Å². The van der Waals surface area contributed by atoms with Crippen LogP contribution in [0.3, 0.4) is 0 Å². The van der Waals surface area contributed by atoms with Crippen molar-refractivity contribution in [3.05, 3.63) is 46.5 Å². The zero-order chi connectivity index (χ0) is 40.3. The molecule has 2 fully saturated rings. The standard InChI is InChI=1S/C39H56ClN3O10S/c1-22-13-12-14-29(50-10)39(48)21-28(51-36(47)41-39)23(2)34-38(6,53-34)30(52-35(46)24(3)42(7)31(44)15-16-37(4,5)54-11)20-32(45)43(8)26-18-25(17-22)19-27(49-9)33(26)40/h12-14,18-19,23-24,28-30,34,48H,15-17,20-21H2,1-11H3,(H,41,47)/b14-12-,22-13-/t23-,24-,28+,29+,30+,34+,38-,39+/m0/s1. The average molecular weight is 794 g/mol. The molecule has 54 heavy (non-hydrogen) atoms. The monoisotopic (exact) mass is 793 g/mol. The molecule has 0 radical (unpaired) electrons. The molecule has 4 rings (SSSR count). The summed E-state index contributed by atoms with van der Waals surface area (Å²) in [7, 11) is 6.07. The number of rotatable bonds is 9. The summed E-state index contributed by atoms with van der Waals surface area (Å²) < 4.78 is 29.2. The molecule has 0 spiro atoms. The first-order valence-electron chi connectivity index (χ1n) is 18.1. The summed E-state index contributed by atoms with van der Waals surface area (Å²) in [5, 5.41) is 14.5. The number of hydrogen-bond donors (Lipinski definition) is 2. The van der Waals surface area contributed by atoms with E-state index in [1.165, 1.54) is 24.0 Å². The van der Waals surface area contributed by atoms with Crippen LogP contribution in [0.15, 0.2) is 35.9 Å². The first-order chi connectivity index (χ1) is 25.2. The predicted molar refractivity (Wildman–Crippen MR) is 208 cm³/mol. The maximum atomic E-state index is 14.2. The second-order valence-corrected chi connectivity index (χ2v) is 17.3. The summed E-state index contributed by atoms with van der Waals surface area (Å²) in [5.41, 5.74) is -0.894. The number of nitrogens with zero attached hydrogens (tertiary/aromatic N) is 2. The number of carbonyl (C=O) groups excluding carboxylic acids is 4. The second-order valence-electron chi connectivity index (χ2n) is 15.4. The van der Waals surface area contributed by atoms with Gasteiger partial charge in [0.1, 0.15) is 40.7 Å². The highest BCUT2D eigenvalue weighted by Crippen LogP contribution is 2.49. The summed E-state index contributed by atoms with van der Waals surface area (Å²) in [6.45, 7) is 11.2. The Morgan fingerprint density at radius 3 is 2.57 bits per heavy atom. The van der Waals surface area contributed by atoms with Crippen LogP contribution in [0.25, 0.3) is 0 Å². The Morgan fingerprint density at radius 1 is 1.26 bits per heavy atom. The number of ether oxygens (including phenoxy) is 5. The normalized spacial score (nSPS) is 31.2. The Kier molecular flexibility index (Phi) is 13.9. The number of hydrogen-bond acceptors (Lipinski definition) is 11. The van der Waals surface area contributed by atoms with Crippen LogP contribution < -0.4 is 15.0 Å². The molecular weight excluding hydrogens is 738 g/mol. The lowest BCUT2D eigenvalue weighted by Crippen LogP contribution is -2.63. The van der Waals surface area contributed by atoms with Crippen LogP contribution >= 0.6 is 23.4 Å². The number of methoxy groups -OCH3 is 2. The van der Waals surface area contributed by atoms with E-state index in [2.05, 4.69) is 19.2 Å². The zero-order valence-electron chi connectivity index (χ0n) is 33.2. The van der Waals surface area contributed by atoms with Gasteiger partial charge >= 0.3 is 12.1 Å². The van der Waals surface area contributed by atoms with E-state index in [4.69, 9.17) is 35.3 Å². The van der Waals surface area contributed by atoms with E-state index in [1.807, 2.05) is 19.3 Å². The van der Waals surface area contributed by atoms with Crippen molar-refractivity contribution < 1.29 is 48.0 Å². The molecule has 2 N–H and O–H groups in total. The highest BCUT2D eigenvalue weighted by atomic mass is 35.5. The van der Waals surface area contributed by atoms with Gasteiger partial charge in [0.25, 0.3) is 0 Å². The highest BCUT2D eigenvalue weighted by molar-refractivity contribution is 7.99. The number of anilines is 1. The molecule has 8 atom stereocenters. The number of amides is 3. The quantitative estimate of drug-likeness (QED) is 0.243. The molecule has 0 unspecified atom stereocenters. The van der Waals surface area contributed by atoms with Crippen LogP contribution in [0.1, 0.15) is 72.8 Å². The molecule has 15 heteroatoms. The fourth-order valence-corrected chi connectivity index (χ4v) is 7.52. The fourth-order valence-electron chi connectivity index (χ4n) is 6.90. The minimum Gasteiger partial charge on any atom is -0.495 e. The van der Waals surface area contributed by atoms with Gasteiger partial charge in [-0.3, -0.25) is 14.9 Å². The SMILES string of the molecule is COc1cc2cc(c1Cl)N(C)C(=O)C[C@@H](OC(=O)[C@H](C)N(C)C(=O)CCC(C)(C)SC)[C@]1(C)O[C@@H]1[C@@H](C)[C@H]1C[C@](O)(NC(=O)O1)[C@H](OC)/C=C\C=C(\C)C2. The van der Waals surface area contributed by atoms with Gasteiger partial charge in [-0.2, -0.15) is 11.8 Å². The van der Waals surface area contributed by atoms with E-state index in [0.29, 0.717) is 24.3 Å². The number of carbonyl (C=O) groups is 4. The van der Waals surface area contributed by atoms with Gasteiger partial charge in [-0.1, -0.05) is 56.2 Å². The van der Waals surface area contributed by atoms with E-state index in [9.17, 15) is 24.3 Å². The third kappa shape index (κ3) is 9.73. The largest absolute Gasteiger partial charge is 0.495 e. The smallest absolute Gasteiger partial charge is 0.409 e. The van der Waals surface area contributed by atoms with Crippen molar-refractivity contribution in [3.63, 3.8) is 0 Å². The van der Waals surface area contributed by atoms with Gasteiger partial charge in [0, 0.05) is 44.7 Å². The lowest BCUT2D eigenvalue weighted by Gasteiger charge is -2.42. The van der Waals surface area contributed by atoms with Crippen LogP contribution in [0.4, 0.5) is 10.5 Å². The number of fused-ring (bicyclic) bond motifs is 5. The highest BCUT2D eigenvalue weighted by Gasteiger charge is 2.64. The average Bonchev–Trinajstić information content (AvgIpc) is 3.82. The second kappa shape index (κ2) is 17.2. The molecule has 1 aromatic carbocycles. The van der Waals surface area contributed by atoms with Gasteiger partial charge in [0.05, 0.1) is 25.3 Å². The first-order valence-corrected chi connectivity index (χ1v) is 19.7. The minimum absolute atomic E-state index is 0.0467. The summed E-state index contributed by atoms with van der Waals surface area (Å²) in [6.07, 6.45) is 3.84. The lowest BCUT2D eigenvalue weighted by atomic mass is 9.83. The number of esters is 1. The molecule has 1 aromatic rings. The molecule has 0 aromatic heterocycles. The fraction of sp³-hybridized carbons (Fsp3) is 0.641. The first kappa shape index (κ1) is 43.4. The van der Waals surface area contributed by atoms with Crippen LogP contribution in [0.5, 0.6) is 5.75 Å². The number of likely N-dealkylation sites (N-methyl/N-ethyl adjacent to an activating group) is 1. The van der Waals surface area contributed by atoms with E-state index in [1.54, 1.807) is 70.9 Å². The number of allylic oxidation sites excluding steroid dienone is 3. The molecule has 3 aliphatic heterocycles. The molecule has 3 heterocycles. The van der Waals surface area contributed by atoms with Crippen molar-refractivity contribution in [2.45, 2.75) is 120 Å². The van der Waals surface area contributed by atoms with Crippen LogP contribution in [-0.2, 0) is 39.8 Å². The van der Waals surface area contributed by atoms with E-state index in [0.717, 1.165) is 11.1 Å². The van der Waals surface area contributed by atoms with E-state index < -0.39 is 65.7 Å². The maximum absolute atomic E-state index is 14.2. The molecule has 300 valence electrons. The molecule has 2 saturated heterocycles. The van der Waals surface area contributed by atoms with Crippen LogP contribution in [0, 0.1) is 5.92 Å². The summed E-state index contributed by atoms with van der Waals surface area (Å²) in [5.74, 6) is -1.50. The van der Waals surface area contributed by atoms with Crippen molar-refractivity contribution >= 4 is 52.9 Å². The Labute approximate surface area is 328 Å². The summed E-state index contributed by atoms with van der Waals surface area (Å²) >= 11 is 8.43. The topological polar surface area (TPSA) is 156 Å². The molecule has 0 saturated carbocycles. The Morgan fingerprint density at radius 2 is 1.94 bits per heavy atom. The van der Waals surface area contributed by atoms with Gasteiger partial charge in [0.2, 0.25) is 11.8 Å². The van der Waals surface area contributed by atoms with Gasteiger partial charge in [0.15, 0.2) is 5.72 Å². The van der Waals surface area contributed by atoms with Crippen LogP contribution in [-0.4, -0.2) is 115 Å². The third-order valence-corrected chi connectivity index (χ3v) is 12.7. The lowest BCUT2D eigenvalue weighted by molar-refractivity contribution is -0.162. The van der Waals surface area contributed by atoms with Gasteiger partial charge < -0.3 is 38.6 Å². The van der Waals surface area contributed by atoms with E-state index in [-0.39, 0.29) is 34.9 Å². The summed E-state index contributed by atoms with van der Waals surface area (Å²) in [6, 6.07) is 2.63. The maximum Gasteiger partial charge on any atom is 0.409 e. The third-order valence-electron chi connectivity index (χ3n) is 11.0. The number of nitrogens with one attached hydrogen (secondary N) is 1. The Bertz CT molecular complexity index is 1650. The van der Waals surface area contributed by atoms with Gasteiger partial charge in [-0.25, -0.2) is 9.59 Å². The van der Waals surface area contributed by atoms with Crippen molar-refractivity contribution in [2.24, 2.45) is 5.92 Å². The number of halogens is 1. The van der Waals surface area contributed by atoms with Crippen molar-refractivity contribution in [1.29, 1.82) is 0 Å². The predicted octanol–water partition coefficient (Wildman–Crippen LogP) is 5.44. The van der Waals surface area contributed by atoms with Crippen molar-refractivity contribution in [3.8, 4) is 5.75 Å². The number of epoxide rings is 1. The number of aliphatic hydroxyl groups is 1. The number of thioether (sulfide) groups is 1. The molecule has 3 aliphatic rings. The van der Waals surface area contributed by atoms with Gasteiger partial charge in [-0.05, 0) is 57.6 Å². The molecule has 0 aliphatic carbocycles. The van der Waals surface area contributed by atoms with E-state index >= 15 is 0 Å². The minimum atomic E-state index is -1.82. The Hall–Kier alpha value is -3.30. The summed E-state index contributed by atoms with van der Waals surface area (Å²) in [4.78, 5) is 56.8. The molecule has 3 amide bonds. The van der Waals surface area contributed by atoms with Crippen molar-refractivity contribution in [2.75, 3.05) is 39.5 Å². The van der Waals surface area contributed by atoms with Crippen molar-refractivity contribution in [1.82, 2.24) is 10.2 Å². The Balaban J connectivity index is 1.73. The molecular formula is C39H56ClN3O10S. The molecule has 4 bridgehead atoms. The zero-order valence-corrected chi connectivity index (χ0v) is 34.8. The number of benzene rings is 1. The number of alkyl carbamates (subject to hydrolysis) is 1.